The lowest BCUT2D eigenvalue weighted by Gasteiger charge is -2.13. The molecule has 0 aliphatic rings. The Labute approximate surface area is 206 Å². The first-order valence-electron chi connectivity index (χ1n) is 11.8. The van der Waals surface area contributed by atoms with Gasteiger partial charge in [-0.2, -0.15) is 0 Å². The van der Waals surface area contributed by atoms with Crippen LogP contribution in [-0.4, -0.2) is 31.8 Å². The average Bonchev–Trinajstić information content (AvgIpc) is 3.39. The largest absolute Gasteiger partial charge is 0.494 e. The molecule has 0 aliphatic heterocycles. The minimum atomic E-state index is -2.86. The number of nitrogens with one attached hydrogen (secondary N) is 1. The van der Waals surface area contributed by atoms with E-state index >= 15 is 0 Å². The first-order valence-corrected chi connectivity index (χ1v) is 13.0. The number of benzene rings is 2. The van der Waals surface area contributed by atoms with Crippen LogP contribution in [0.4, 0.5) is 4.39 Å². The van der Waals surface area contributed by atoms with Crippen LogP contribution in [0.15, 0.2) is 59.2 Å². The van der Waals surface area contributed by atoms with Gasteiger partial charge in [0.2, 0.25) is 0 Å². The monoisotopic (exact) mass is 505 g/mol. The standard InChI is InChI=1S/C26H33FNO6P/c1-31-26-12-9-20(18-23(26)27)7-3-2-4-14-32-25-11-10-21(17-22(25)24-8-5-15-33-24)19-28-13-6-16-34-35(29)30/h5,8-12,15,17-18,28,35H,2-4,6-7,13-14,16,19H2,1H3,(H,29,30). The molecule has 35 heavy (non-hydrogen) atoms. The molecule has 0 saturated heterocycles. The second-order valence-electron chi connectivity index (χ2n) is 8.08. The molecule has 0 aliphatic carbocycles. The number of unbranched alkanes of at least 4 members (excludes halogenated alkanes) is 2. The van der Waals surface area contributed by atoms with Crippen LogP contribution in [0.5, 0.6) is 11.5 Å². The van der Waals surface area contributed by atoms with Crippen LogP contribution >= 0.6 is 8.25 Å². The number of furan rings is 1. The van der Waals surface area contributed by atoms with Crippen LogP contribution < -0.4 is 14.8 Å². The molecule has 1 unspecified atom stereocenters. The zero-order valence-electron chi connectivity index (χ0n) is 19.9. The summed E-state index contributed by atoms with van der Waals surface area (Å²) in [6.45, 7) is 2.15. The van der Waals surface area contributed by atoms with Crippen molar-refractivity contribution in [2.24, 2.45) is 0 Å². The van der Waals surface area contributed by atoms with Crippen LogP contribution in [0.1, 0.15) is 36.8 Å². The van der Waals surface area contributed by atoms with Gasteiger partial charge in [-0.05, 0) is 86.2 Å². The smallest absolute Gasteiger partial charge is 0.316 e. The summed E-state index contributed by atoms with van der Waals surface area (Å²) in [5, 5.41) is 3.30. The van der Waals surface area contributed by atoms with E-state index in [-0.39, 0.29) is 18.2 Å². The second kappa shape index (κ2) is 14.7. The van der Waals surface area contributed by atoms with E-state index in [4.69, 9.17) is 18.8 Å². The molecule has 0 fully saturated rings. The Hall–Kier alpha value is -2.64. The molecule has 0 spiro atoms. The van der Waals surface area contributed by atoms with Crippen LogP contribution in [0.2, 0.25) is 0 Å². The molecule has 0 amide bonds. The Balaban J connectivity index is 1.45. The summed E-state index contributed by atoms with van der Waals surface area (Å²) in [7, 11) is -1.40. The van der Waals surface area contributed by atoms with Gasteiger partial charge >= 0.3 is 8.25 Å². The molecule has 2 N–H and O–H groups in total. The van der Waals surface area contributed by atoms with E-state index in [1.165, 1.54) is 13.2 Å². The van der Waals surface area contributed by atoms with Gasteiger partial charge in [-0.1, -0.05) is 12.1 Å². The van der Waals surface area contributed by atoms with E-state index in [1.54, 1.807) is 12.3 Å². The quantitative estimate of drug-likeness (QED) is 0.189. The first-order chi connectivity index (χ1) is 17.1. The van der Waals surface area contributed by atoms with E-state index in [2.05, 4.69) is 9.84 Å². The topological polar surface area (TPSA) is 90.2 Å². The molecule has 1 atom stereocenters. The van der Waals surface area contributed by atoms with Crippen molar-refractivity contribution in [2.75, 3.05) is 26.9 Å². The number of aryl methyl sites for hydroxylation is 1. The van der Waals surface area contributed by atoms with Gasteiger partial charge in [0.25, 0.3) is 0 Å². The molecule has 1 aromatic heterocycles. The Bertz CT molecular complexity index is 1060. The molecule has 0 radical (unpaired) electrons. The Morgan fingerprint density at radius 2 is 1.83 bits per heavy atom. The van der Waals surface area contributed by atoms with Crippen LogP contribution in [0, 0.1) is 5.82 Å². The highest BCUT2D eigenvalue weighted by atomic mass is 31.1. The van der Waals surface area contributed by atoms with Gasteiger partial charge in [0.05, 0.1) is 32.2 Å². The highest BCUT2D eigenvalue weighted by Crippen LogP contribution is 2.32. The molecule has 7 nitrogen and oxygen atoms in total. The molecule has 190 valence electrons. The normalized spacial score (nSPS) is 12.0. The van der Waals surface area contributed by atoms with Gasteiger partial charge in [0.15, 0.2) is 11.6 Å². The first kappa shape index (κ1) is 27.0. The number of hydrogen-bond donors (Lipinski definition) is 2. The summed E-state index contributed by atoms with van der Waals surface area (Å²) in [5.41, 5.74) is 2.93. The van der Waals surface area contributed by atoms with E-state index < -0.39 is 8.25 Å². The average molecular weight is 506 g/mol. The van der Waals surface area contributed by atoms with Gasteiger partial charge in [-0.3, -0.25) is 4.57 Å². The summed E-state index contributed by atoms with van der Waals surface area (Å²) >= 11 is 0. The highest BCUT2D eigenvalue weighted by molar-refractivity contribution is 7.32. The zero-order valence-corrected chi connectivity index (χ0v) is 20.9. The van der Waals surface area contributed by atoms with Crippen molar-refractivity contribution < 1.29 is 32.3 Å². The fourth-order valence-electron chi connectivity index (χ4n) is 3.68. The lowest BCUT2D eigenvalue weighted by atomic mass is 10.1. The summed E-state index contributed by atoms with van der Waals surface area (Å²) in [6.07, 6.45) is 5.91. The molecule has 1 heterocycles. The van der Waals surface area contributed by atoms with Gasteiger partial charge in [0, 0.05) is 6.54 Å². The van der Waals surface area contributed by atoms with Gasteiger partial charge in [-0.15, -0.1) is 0 Å². The van der Waals surface area contributed by atoms with Crippen molar-refractivity contribution >= 4 is 8.25 Å². The molecular weight excluding hydrogens is 472 g/mol. The molecule has 0 saturated carbocycles. The van der Waals surface area contributed by atoms with Gasteiger partial charge in [-0.25, -0.2) is 4.39 Å². The van der Waals surface area contributed by atoms with Crippen LogP contribution in [-0.2, 0) is 22.1 Å². The predicted octanol–water partition coefficient (Wildman–Crippen LogP) is 5.76. The number of halogens is 1. The lowest BCUT2D eigenvalue weighted by Crippen LogP contribution is -2.16. The maximum Gasteiger partial charge on any atom is 0.316 e. The third-order valence-electron chi connectivity index (χ3n) is 5.47. The van der Waals surface area contributed by atoms with Crippen LogP contribution in [0.25, 0.3) is 11.3 Å². The zero-order chi connectivity index (χ0) is 24.9. The number of rotatable bonds is 16. The molecule has 3 rings (SSSR count). The maximum absolute atomic E-state index is 13.8. The summed E-state index contributed by atoms with van der Waals surface area (Å²) in [6, 6.07) is 14.9. The minimum absolute atomic E-state index is 0.253. The fourth-order valence-corrected chi connectivity index (χ4v) is 4.00. The molecule has 2 aromatic carbocycles. The van der Waals surface area contributed by atoms with Crippen molar-refractivity contribution in [1.29, 1.82) is 0 Å². The SMILES string of the molecule is COc1ccc(CCCCCOc2ccc(CNCCCO[PH](=O)O)cc2-c2ccco2)cc1F. The Kier molecular flexibility index (Phi) is 11.3. The second-order valence-corrected chi connectivity index (χ2v) is 8.90. The Morgan fingerprint density at radius 1 is 1.00 bits per heavy atom. The van der Waals surface area contributed by atoms with Crippen molar-refractivity contribution in [2.45, 2.75) is 38.6 Å². The highest BCUT2D eigenvalue weighted by Gasteiger charge is 2.11. The minimum Gasteiger partial charge on any atom is -0.494 e. The van der Waals surface area contributed by atoms with E-state index in [0.717, 1.165) is 53.9 Å². The molecule has 9 heteroatoms. The lowest BCUT2D eigenvalue weighted by molar-refractivity contribution is 0.276. The fraction of sp³-hybridized carbons (Fsp3) is 0.385. The van der Waals surface area contributed by atoms with Crippen molar-refractivity contribution in [3.63, 3.8) is 0 Å². The number of methoxy groups -OCH3 is 1. The third kappa shape index (κ3) is 9.15. The maximum atomic E-state index is 13.8. The summed E-state index contributed by atoms with van der Waals surface area (Å²) in [5.74, 6) is 1.45. The van der Waals surface area contributed by atoms with E-state index in [0.29, 0.717) is 26.1 Å². The summed E-state index contributed by atoms with van der Waals surface area (Å²) in [4.78, 5) is 8.68. The van der Waals surface area contributed by atoms with E-state index in [9.17, 15) is 8.96 Å². The third-order valence-corrected chi connectivity index (χ3v) is 5.92. The van der Waals surface area contributed by atoms with Gasteiger partial charge < -0.3 is 28.6 Å². The van der Waals surface area contributed by atoms with Crippen molar-refractivity contribution in [3.05, 3.63) is 71.7 Å². The molecule has 3 aromatic rings. The predicted molar refractivity (Wildman–Crippen MR) is 134 cm³/mol. The Morgan fingerprint density at radius 3 is 2.57 bits per heavy atom. The molecular formula is C26H33FNO6P. The van der Waals surface area contributed by atoms with Gasteiger partial charge in [0.1, 0.15) is 11.5 Å². The van der Waals surface area contributed by atoms with Crippen LogP contribution in [0.3, 0.4) is 0 Å². The number of hydrogen-bond acceptors (Lipinski definition) is 6. The van der Waals surface area contributed by atoms with E-state index in [1.807, 2.05) is 36.4 Å². The summed E-state index contributed by atoms with van der Waals surface area (Å²) < 4.78 is 45.7. The van der Waals surface area contributed by atoms with Crippen molar-refractivity contribution in [3.8, 4) is 22.8 Å². The number of ether oxygens (including phenoxy) is 2. The van der Waals surface area contributed by atoms with Crippen molar-refractivity contribution in [1.82, 2.24) is 5.32 Å². The molecule has 0 bridgehead atoms.